The summed E-state index contributed by atoms with van der Waals surface area (Å²) in [7, 11) is -2.73. The van der Waals surface area contributed by atoms with Crippen molar-refractivity contribution < 1.29 is 31.5 Å². The highest BCUT2D eigenvalue weighted by atomic mass is 32.2. The summed E-state index contributed by atoms with van der Waals surface area (Å²) in [5, 5.41) is 1.78. The molecule has 0 aliphatic heterocycles. The van der Waals surface area contributed by atoms with E-state index < -0.39 is 33.0 Å². The predicted octanol–water partition coefficient (Wildman–Crippen LogP) is 1.08. The number of sulfone groups is 1. The fourth-order valence-corrected chi connectivity index (χ4v) is 2.22. The number of amides is 1. The lowest BCUT2D eigenvalue weighted by molar-refractivity contribution is -0.126. The average molecular weight is 307 g/mol. The summed E-state index contributed by atoms with van der Waals surface area (Å²) in [6, 6.07) is 3.15. The van der Waals surface area contributed by atoms with E-state index in [4.69, 9.17) is 0 Å². The third-order valence-electron chi connectivity index (χ3n) is 2.26. The summed E-state index contributed by atoms with van der Waals surface area (Å²) in [5.41, 5.74) is -0.409. The van der Waals surface area contributed by atoms with Gasteiger partial charge in [-0.2, -0.15) is 8.78 Å². The van der Waals surface area contributed by atoms with Gasteiger partial charge >= 0.3 is 12.4 Å². The van der Waals surface area contributed by atoms with Gasteiger partial charge in [-0.3, -0.25) is 4.79 Å². The summed E-state index contributed by atoms with van der Waals surface area (Å²) in [5.74, 6) is -2.43. The first-order valence-electron chi connectivity index (χ1n) is 5.18. The summed E-state index contributed by atoms with van der Waals surface area (Å²) in [4.78, 5) is 21.8. The lowest BCUT2D eigenvalue weighted by atomic mass is 10.2. The minimum Gasteiger partial charge on any atom is -0.465 e. The molecule has 0 saturated heterocycles. The first-order chi connectivity index (χ1) is 9.16. The topological polar surface area (TPSA) is 89.5 Å². The maximum Gasteiger partial charge on any atom is 0.337 e. The van der Waals surface area contributed by atoms with Crippen molar-refractivity contribution in [3.05, 3.63) is 23.8 Å². The van der Waals surface area contributed by atoms with Gasteiger partial charge < -0.3 is 10.1 Å². The van der Waals surface area contributed by atoms with Gasteiger partial charge in [0.1, 0.15) is 0 Å². The zero-order valence-electron chi connectivity index (χ0n) is 10.5. The van der Waals surface area contributed by atoms with Crippen LogP contribution in [0.3, 0.4) is 0 Å². The second kappa shape index (κ2) is 5.95. The molecule has 20 heavy (non-hydrogen) atoms. The molecular weight excluding hydrogens is 296 g/mol. The highest BCUT2D eigenvalue weighted by Gasteiger charge is 2.21. The van der Waals surface area contributed by atoms with E-state index >= 15 is 0 Å². The fourth-order valence-electron chi connectivity index (χ4n) is 1.36. The Morgan fingerprint density at radius 2 is 1.90 bits per heavy atom. The smallest absolute Gasteiger partial charge is 0.337 e. The van der Waals surface area contributed by atoms with Crippen LogP contribution in [0.5, 0.6) is 0 Å². The molecule has 0 bridgehead atoms. The van der Waals surface area contributed by atoms with Crippen molar-refractivity contribution in [2.75, 3.05) is 18.7 Å². The van der Waals surface area contributed by atoms with E-state index in [0.717, 1.165) is 31.6 Å². The second-order valence-corrected chi connectivity index (χ2v) is 5.75. The third kappa shape index (κ3) is 3.73. The molecule has 0 unspecified atom stereocenters. The van der Waals surface area contributed by atoms with Gasteiger partial charge in [0.2, 0.25) is 0 Å². The number of carbonyl (C=O) groups excluding carboxylic acids is 2. The molecule has 1 N–H and O–H groups in total. The van der Waals surface area contributed by atoms with Crippen LogP contribution in [0.15, 0.2) is 23.1 Å². The molecule has 0 heterocycles. The Hall–Kier alpha value is -2.03. The third-order valence-corrected chi connectivity index (χ3v) is 3.39. The minimum atomic E-state index is -3.84. The average Bonchev–Trinajstić information content (AvgIpc) is 2.36. The number of benzene rings is 1. The van der Waals surface area contributed by atoms with Gasteiger partial charge in [-0.05, 0) is 18.2 Å². The SMILES string of the molecule is COC(=O)c1ccc(NC(=O)C(F)F)c(S(C)(=O)=O)c1. The van der Waals surface area contributed by atoms with Crippen LogP contribution in [-0.4, -0.2) is 40.1 Å². The van der Waals surface area contributed by atoms with Crippen molar-refractivity contribution in [3.63, 3.8) is 0 Å². The maximum atomic E-state index is 12.2. The number of nitrogens with one attached hydrogen (secondary N) is 1. The molecular formula is C11H11F2NO5S. The van der Waals surface area contributed by atoms with Crippen LogP contribution in [0.4, 0.5) is 14.5 Å². The van der Waals surface area contributed by atoms with Crippen LogP contribution >= 0.6 is 0 Å². The molecule has 1 aromatic rings. The van der Waals surface area contributed by atoms with E-state index in [1.54, 1.807) is 5.32 Å². The maximum absolute atomic E-state index is 12.2. The van der Waals surface area contributed by atoms with Gasteiger partial charge in [-0.25, -0.2) is 13.2 Å². The molecule has 6 nitrogen and oxygen atoms in total. The Labute approximate surface area is 113 Å². The number of ether oxygens (including phenoxy) is 1. The molecule has 0 aliphatic carbocycles. The molecule has 0 aromatic heterocycles. The fraction of sp³-hybridized carbons (Fsp3) is 0.273. The van der Waals surface area contributed by atoms with E-state index in [2.05, 4.69) is 4.74 Å². The molecule has 0 saturated carbocycles. The molecule has 110 valence electrons. The minimum absolute atomic E-state index is 0.0806. The monoisotopic (exact) mass is 307 g/mol. The summed E-state index contributed by atoms with van der Waals surface area (Å²) in [6.07, 6.45) is -2.47. The predicted molar refractivity (Wildman–Crippen MR) is 65.5 cm³/mol. The van der Waals surface area contributed by atoms with Gasteiger partial charge in [-0.15, -0.1) is 0 Å². The number of esters is 1. The number of halogens is 2. The molecule has 1 amide bonds. The van der Waals surface area contributed by atoms with Crippen LogP contribution < -0.4 is 5.32 Å². The van der Waals surface area contributed by atoms with E-state index in [1.807, 2.05) is 0 Å². The molecule has 1 aromatic carbocycles. The van der Waals surface area contributed by atoms with E-state index in [1.165, 1.54) is 0 Å². The van der Waals surface area contributed by atoms with Crippen LogP contribution in [0.25, 0.3) is 0 Å². The largest absolute Gasteiger partial charge is 0.465 e. The Morgan fingerprint density at radius 1 is 1.30 bits per heavy atom. The van der Waals surface area contributed by atoms with Crippen LogP contribution in [-0.2, 0) is 19.4 Å². The molecule has 0 radical (unpaired) electrons. The molecule has 1 rings (SSSR count). The highest BCUT2D eigenvalue weighted by molar-refractivity contribution is 7.90. The first kappa shape index (κ1) is 16.0. The van der Waals surface area contributed by atoms with Gasteiger partial charge in [-0.1, -0.05) is 0 Å². The number of methoxy groups -OCH3 is 1. The second-order valence-electron chi connectivity index (χ2n) is 3.76. The first-order valence-corrected chi connectivity index (χ1v) is 7.07. The molecule has 0 spiro atoms. The van der Waals surface area contributed by atoms with Crippen molar-refractivity contribution in [3.8, 4) is 0 Å². The van der Waals surface area contributed by atoms with Crippen molar-refractivity contribution in [1.82, 2.24) is 0 Å². The van der Waals surface area contributed by atoms with Gasteiger partial charge in [0, 0.05) is 6.26 Å². The van der Waals surface area contributed by atoms with E-state index in [-0.39, 0.29) is 11.3 Å². The number of carbonyl (C=O) groups is 2. The Bertz CT molecular complexity index is 642. The Balaban J connectivity index is 3.32. The molecule has 9 heteroatoms. The quantitative estimate of drug-likeness (QED) is 0.841. The van der Waals surface area contributed by atoms with E-state index in [9.17, 15) is 26.8 Å². The van der Waals surface area contributed by atoms with Crippen molar-refractivity contribution in [1.29, 1.82) is 0 Å². The van der Waals surface area contributed by atoms with Crippen LogP contribution in [0, 0.1) is 0 Å². The number of alkyl halides is 2. The number of hydrogen-bond donors (Lipinski definition) is 1. The lowest BCUT2D eigenvalue weighted by Gasteiger charge is -2.11. The molecule has 0 fully saturated rings. The number of rotatable bonds is 4. The number of anilines is 1. The van der Waals surface area contributed by atoms with Crippen LogP contribution in [0.2, 0.25) is 0 Å². The van der Waals surface area contributed by atoms with Crippen molar-refractivity contribution >= 4 is 27.4 Å². The summed E-state index contributed by atoms with van der Waals surface area (Å²) >= 11 is 0. The van der Waals surface area contributed by atoms with Gasteiger partial charge in [0.15, 0.2) is 9.84 Å². The van der Waals surface area contributed by atoms with E-state index in [0.29, 0.717) is 0 Å². The molecule has 0 atom stereocenters. The zero-order valence-corrected chi connectivity index (χ0v) is 11.3. The summed E-state index contributed by atoms with van der Waals surface area (Å²) < 4.78 is 51.9. The summed E-state index contributed by atoms with van der Waals surface area (Å²) in [6.45, 7) is 0. The number of hydrogen-bond acceptors (Lipinski definition) is 5. The Morgan fingerprint density at radius 3 is 2.35 bits per heavy atom. The highest BCUT2D eigenvalue weighted by Crippen LogP contribution is 2.23. The van der Waals surface area contributed by atoms with Gasteiger partial charge in [0.25, 0.3) is 5.91 Å². The van der Waals surface area contributed by atoms with Crippen molar-refractivity contribution in [2.45, 2.75) is 11.3 Å². The van der Waals surface area contributed by atoms with Gasteiger partial charge in [0.05, 0.1) is 23.3 Å². The van der Waals surface area contributed by atoms with Crippen LogP contribution in [0.1, 0.15) is 10.4 Å². The Kier molecular flexibility index (Phi) is 4.77. The standard InChI is InChI=1S/C11H11F2NO5S/c1-19-11(16)6-3-4-7(14-10(15)9(12)13)8(5-6)20(2,17)18/h3-5,9H,1-2H3,(H,14,15). The normalized spacial score (nSPS) is 11.2. The van der Waals surface area contributed by atoms with Crippen molar-refractivity contribution in [2.24, 2.45) is 0 Å². The molecule has 0 aliphatic rings. The zero-order chi connectivity index (χ0) is 15.5. The lowest BCUT2D eigenvalue weighted by Crippen LogP contribution is -2.21.